The second kappa shape index (κ2) is 10.7. The maximum absolute atomic E-state index is 13.1. The number of pyridine rings is 1. The van der Waals surface area contributed by atoms with Crippen LogP contribution in [0, 0.1) is 5.82 Å². The average molecular weight is 507 g/mol. The molecule has 34 heavy (non-hydrogen) atoms. The van der Waals surface area contributed by atoms with Gasteiger partial charge < -0.3 is 19.9 Å². The first-order valence-corrected chi connectivity index (χ1v) is 10.6. The predicted molar refractivity (Wildman–Crippen MR) is 122 cm³/mol. The van der Waals surface area contributed by atoms with E-state index in [1.54, 1.807) is 18.2 Å². The lowest BCUT2D eigenvalue weighted by molar-refractivity contribution is -0.125. The van der Waals surface area contributed by atoms with Crippen molar-refractivity contribution in [1.29, 1.82) is 0 Å². The second-order valence-corrected chi connectivity index (χ2v) is 7.61. The maximum atomic E-state index is 13.1. The standard InChI is InChI=1S/C21H17Cl2FN6O4/c22-14-2-1-3-15(23)18(14)30-19-13(9-28-30)21(27-11-26-19)34-16(10-33-7-6-31)20(32)29-17-5-4-12(24)8-25-17/h1-5,8-9,11,16,31H,6-7,10H2,(H,25,29,32). The molecule has 0 bridgehead atoms. The molecule has 0 aliphatic rings. The van der Waals surface area contributed by atoms with Gasteiger partial charge in [-0.1, -0.05) is 29.3 Å². The molecular formula is C21H17Cl2FN6O4. The summed E-state index contributed by atoms with van der Waals surface area (Å²) < 4.78 is 25.7. The van der Waals surface area contributed by atoms with Crippen molar-refractivity contribution < 1.29 is 23.8 Å². The summed E-state index contributed by atoms with van der Waals surface area (Å²) in [6, 6.07) is 7.49. The van der Waals surface area contributed by atoms with Gasteiger partial charge in [0.1, 0.15) is 29.0 Å². The zero-order valence-corrected chi connectivity index (χ0v) is 18.9. The summed E-state index contributed by atoms with van der Waals surface area (Å²) in [6.07, 6.45) is 2.47. The molecule has 0 radical (unpaired) electrons. The Hall–Kier alpha value is -3.38. The molecular weight excluding hydrogens is 490 g/mol. The number of aliphatic hydroxyl groups excluding tert-OH is 1. The molecule has 0 fully saturated rings. The van der Waals surface area contributed by atoms with Crippen LogP contribution in [-0.4, -0.2) is 61.7 Å². The Morgan fingerprint density at radius 1 is 1.15 bits per heavy atom. The summed E-state index contributed by atoms with van der Waals surface area (Å²) in [5.74, 6) is -0.989. The maximum Gasteiger partial charge on any atom is 0.269 e. The van der Waals surface area contributed by atoms with Gasteiger partial charge in [0.25, 0.3) is 5.91 Å². The third kappa shape index (κ3) is 5.23. The van der Waals surface area contributed by atoms with Crippen LogP contribution >= 0.6 is 23.2 Å². The molecule has 1 unspecified atom stereocenters. The van der Waals surface area contributed by atoms with E-state index in [2.05, 4.69) is 25.4 Å². The fraction of sp³-hybridized carbons (Fsp3) is 0.190. The van der Waals surface area contributed by atoms with Crippen LogP contribution < -0.4 is 10.1 Å². The summed E-state index contributed by atoms with van der Waals surface area (Å²) in [7, 11) is 0. The molecule has 0 saturated heterocycles. The van der Waals surface area contributed by atoms with Gasteiger partial charge >= 0.3 is 0 Å². The minimum Gasteiger partial charge on any atom is -0.461 e. The molecule has 3 heterocycles. The topological polar surface area (TPSA) is 124 Å². The van der Waals surface area contributed by atoms with Crippen molar-refractivity contribution in [2.45, 2.75) is 6.10 Å². The van der Waals surface area contributed by atoms with Crippen LogP contribution in [0.25, 0.3) is 16.7 Å². The first-order valence-electron chi connectivity index (χ1n) is 9.88. The van der Waals surface area contributed by atoms with Crippen LogP contribution in [0.2, 0.25) is 10.0 Å². The first-order chi connectivity index (χ1) is 16.5. The number of fused-ring (bicyclic) bond motifs is 1. The van der Waals surface area contributed by atoms with E-state index in [4.69, 9.17) is 37.8 Å². The number of halogens is 3. The number of amides is 1. The summed E-state index contributed by atoms with van der Waals surface area (Å²) in [6.45, 7) is -0.454. The van der Waals surface area contributed by atoms with E-state index in [0.29, 0.717) is 26.8 Å². The number of rotatable bonds is 9. The van der Waals surface area contributed by atoms with Crippen molar-refractivity contribution in [2.75, 3.05) is 25.1 Å². The smallest absolute Gasteiger partial charge is 0.269 e. The molecule has 1 atom stereocenters. The fourth-order valence-corrected chi connectivity index (χ4v) is 3.54. The monoisotopic (exact) mass is 506 g/mol. The van der Waals surface area contributed by atoms with E-state index >= 15 is 0 Å². The lowest BCUT2D eigenvalue weighted by atomic mass is 10.3. The fourth-order valence-electron chi connectivity index (χ4n) is 2.98. The Morgan fingerprint density at radius 2 is 1.94 bits per heavy atom. The van der Waals surface area contributed by atoms with Crippen molar-refractivity contribution in [3.63, 3.8) is 0 Å². The minimum atomic E-state index is -1.19. The molecule has 176 valence electrons. The number of hydrogen-bond donors (Lipinski definition) is 2. The highest BCUT2D eigenvalue weighted by Gasteiger charge is 2.25. The van der Waals surface area contributed by atoms with Gasteiger partial charge in [0.15, 0.2) is 5.65 Å². The van der Waals surface area contributed by atoms with Gasteiger partial charge in [-0.3, -0.25) is 4.79 Å². The molecule has 13 heteroatoms. The highest BCUT2D eigenvalue weighted by atomic mass is 35.5. The van der Waals surface area contributed by atoms with Crippen LogP contribution in [-0.2, 0) is 9.53 Å². The van der Waals surface area contributed by atoms with E-state index in [0.717, 1.165) is 12.3 Å². The SMILES string of the molecule is O=C(Nc1ccc(F)cn1)C(COCCO)Oc1ncnc2c1cnn2-c1c(Cl)cccc1Cl. The van der Waals surface area contributed by atoms with Gasteiger partial charge in [0, 0.05) is 0 Å². The molecule has 4 aromatic rings. The largest absolute Gasteiger partial charge is 0.461 e. The van der Waals surface area contributed by atoms with Crippen molar-refractivity contribution >= 4 is 46.0 Å². The zero-order valence-electron chi connectivity index (χ0n) is 17.4. The van der Waals surface area contributed by atoms with Crippen molar-refractivity contribution in [3.05, 3.63) is 64.9 Å². The van der Waals surface area contributed by atoms with Crippen molar-refractivity contribution in [2.24, 2.45) is 0 Å². The molecule has 0 spiro atoms. The second-order valence-electron chi connectivity index (χ2n) is 6.80. The van der Waals surface area contributed by atoms with E-state index in [1.165, 1.54) is 23.3 Å². The van der Waals surface area contributed by atoms with E-state index in [-0.39, 0.29) is 31.5 Å². The van der Waals surface area contributed by atoms with Crippen LogP contribution in [0.5, 0.6) is 5.88 Å². The molecule has 10 nitrogen and oxygen atoms in total. The number of ether oxygens (including phenoxy) is 2. The van der Waals surface area contributed by atoms with Gasteiger partial charge in [0.05, 0.1) is 42.3 Å². The Kier molecular flexibility index (Phi) is 7.48. The number of nitrogens with zero attached hydrogens (tertiary/aromatic N) is 5. The van der Waals surface area contributed by atoms with Crippen LogP contribution in [0.3, 0.4) is 0 Å². The lowest BCUT2D eigenvalue weighted by Crippen LogP contribution is -2.37. The third-order valence-electron chi connectivity index (χ3n) is 4.51. The number of aliphatic hydroxyl groups is 1. The Morgan fingerprint density at radius 3 is 2.65 bits per heavy atom. The summed E-state index contributed by atoms with van der Waals surface area (Å²) >= 11 is 12.6. The zero-order chi connectivity index (χ0) is 24.1. The highest BCUT2D eigenvalue weighted by molar-refractivity contribution is 6.37. The predicted octanol–water partition coefficient (Wildman–Crippen LogP) is 3.05. The molecule has 0 saturated carbocycles. The Labute approximate surface area is 202 Å². The van der Waals surface area contributed by atoms with Gasteiger partial charge in [-0.2, -0.15) is 5.10 Å². The molecule has 1 amide bonds. The Balaban J connectivity index is 1.63. The number of aromatic nitrogens is 5. The summed E-state index contributed by atoms with van der Waals surface area (Å²) in [5.41, 5.74) is 0.768. The summed E-state index contributed by atoms with van der Waals surface area (Å²) in [4.78, 5) is 25.0. The molecule has 4 rings (SSSR count). The molecule has 1 aromatic carbocycles. The number of benzene rings is 1. The average Bonchev–Trinajstić information content (AvgIpc) is 3.24. The normalized spacial score (nSPS) is 12.0. The lowest BCUT2D eigenvalue weighted by Gasteiger charge is -2.18. The molecule has 0 aliphatic heterocycles. The van der Waals surface area contributed by atoms with Gasteiger partial charge in [-0.25, -0.2) is 24.0 Å². The number of carbonyl (C=O) groups is 1. The highest BCUT2D eigenvalue weighted by Crippen LogP contribution is 2.31. The third-order valence-corrected chi connectivity index (χ3v) is 5.12. The van der Waals surface area contributed by atoms with Crippen molar-refractivity contribution in [3.8, 4) is 11.6 Å². The van der Waals surface area contributed by atoms with Crippen molar-refractivity contribution in [1.82, 2.24) is 24.7 Å². The van der Waals surface area contributed by atoms with Gasteiger partial charge in [-0.15, -0.1) is 0 Å². The van der Waals surface area contributed by atoms with Crippen LogP contribution in [0.4, 0.5) is 10.2 Å². The number of anilines is 1. The number of nitrogens with one attached hydrogen (secondary N) is 1. The number of para-hydroxylation sites is 1. The van der Waals surface area contributed by atoms with Crippen LogP contribution in [0.15, 0.2) is 49.1 Å². The Bertz CT molecular complexity index is 1280. The van der Waals surface area contributed by atoms with Gasteiger partial charge in [-0.05, 0) is 24.3 Å². The molecule has 0 aliphatic carbocycles. The molecule has 2 N–H and O–H groups in total. The van der Waals surface area contributed by atoms with E-state index in [1.807, 2.05) is 0 Å². The number of carbonyl (C=O) groups excluding carboxylic acids is 1. The number of hydrogen-bond acceptors (Lipinski definition) is 8. The van der Waals surface area contributed by atoms with Gasteiger partial charge in [0.2, 0.25) is 12.0 Å². The van der Waals surface area contributed by atoms with E-state index < -0.39 is 17.8 Å². The molecule has 3 aromatic heterocycles. The van der Waals surface area contributed by atoms with E-state index in [9.17, 15) is 9.18 Å². The first kappa shape index (κ1) is 23.8. The van der Waals surface area contributed by atoms with Crippen LogP contribution in [0.1, 0.15) is 0 Å². The summed E-state index contributed by atoms with van der Waals surface area (Å²) in [5, 5.41) is 16.9. The quantitative estimate of drug-likeness (QED) is 0.332. The minimum absolute atomic E-state index is 0.00986.